The molecule has 0 aliphatic carbocycles. The molecule has 0 radical (unpaired) electrons. The maximum absolute atomic E-state index is 12.1. The molecule has 22 heavy (non-hydrogen) atoms. The third-order valence-corrected chi connectivity index (χ3v) is 4.30. The van der Waals surface area contributed by atoms with Crippen LogP contribution in [0.1, 0.15) is 15.9 Å². The van der Waals surface area contributed by atoms with Gasteiger partial charge in [0.15, 0.2) is 0 Å². The molecule has 2 aromatic rings. The summed E-state index contributed by atoms with van der Waals surface area (Å²) in [7, 11) is 3.94. The molecule has 0 fully saturated rings. The number of carbonyl (C=O) groups excluding carboxylic acids is 1. The first-order valence-corrected chi connectivity index (χ1v) is 8.49. The van der Waals surface area contributed by atoms with Gasteiger partial charge in [0, 0.05) is 43.4 Å². The summed E-state index contributed by atoms with van der Waals surface area (Å²) in [5.74, 6) is 1.88. The lowest BCUT2D eigenvalue weighted by atomic mass is 10.2. The Morgan fingerprint density at radius 2 is 1.86 bits per heavy atom. The van der Waals surface area contributed by atoms with Crippen molar-refractivity contribution in [3.8, 4) is 0 Å². The first-order valence-electron chi connectivity index (χ1n) is 7.34. The van der Waals surface area contributed by atoms with Gasteiger partial charge in [-0.25, -0.2) is 0 Å². The summed E-state index contributed by atoms with van der Waals surface area (Å²) in [6.07, 6.45) is 0. The summed E-state index contributed by atoms with van der Waals surface area (Å²) in [6.45, 7) is 0.683. The Balaban J connectivity index is 1.73. The molecule has 116 valence electrons. The van der Waals surface area contributed by atoms with Crippen LogP contribution in [-0.4, -0.2) is 32.3 Å². The van der Waals surface area contributed by atoms with E-state index in [1.165, 1.54) is 5.56 Å². The molecule has 0 heterocycles. The molecular weight excluding hydrogens is 292 g/mol. The number of amides is 1. The first kappa shape index (κ1) is 16.4. The molecule has 2 rings (SSSR count). The summed E-state index contributed by atoms with van der Waals surface area (Å²) in [5.41, 5.74) is 3.06. The number of anilines is 1. The van der Waals surface area contributed by atoms with Crippen molar-refractivity contribution in [2.75, 3.05) is 31.3 Å². The topological polar surface area (TPSA) is 32.3 Å². The number of hydrogen-bond donors (Lipinski definition) is 1. The molecule has 0 atom stereocenters. The highest BCUT2D eigenvalue weighted by Crippen LogP contribution is 2.13. The van der Waals surface area contributed by atoms with E-state index in [1.54, 1.807) is 0 Å². The number of thioether (sulfide) groups is 1. The van der Waals surface area contributed by atoms with Crippen molar-refractivity contribution in [3.63, 3.8) is 0 Å². The molecule has 0 bridgehead atoms. The molecule has 0 aromatic heterocycles. The largest absolute Gasteiger partial charge is 0.378 e. The minimum absolute atomic E-state index is 0.0102. The van der Waals surface area contributed by atoms with Gasteiger partial charge in [0.2, 0.25) is 0 Å². The van der Waals surface area contributed by atoms with Gasteiger partial charge in [-0.3, -0.25) is 4.79 Å². The van der Waals surface area contributed by atoms with Crippen molar-refractivity contribution in [2.45, 2.75) is 5.75 Å². The van der Waals surface area contributed by atoms with E-state index >= 15 is 0 Å². The summed E-state index contributed by atoms with van der Waals surface area (Å²) >= 11 is 1.83. The van der Waals surface area contributed by atoms with Crippen LogP contribution in [0.4, 0.5) is 5.69 Å². The monoisotopic (exact) mass is 314 g/mol. The SMILES string of the molecule is CN(C)c1cccc(C(=O)NCCSCc2ccccc2)c1. The molecule has 0 aliphatic heterocycles. The number of benzene rings is 2. The van der Waals surface area contributed by atoms with Crippen molar-refractivity contribution in [1.82, 2.24) is 5.32 Å². The lowest BCUT2D eigenvalue weighted by molar-refractivity contribution is 0.0956. The molecule has 3 nitrogen and oxygen atoms in total. The van der Waals surface area contributed by atoms with Gasteiger partial charge in [-0.2, -0.15) is 11.8 Å². The summed E-state index contributed by atoms with van der Waals surface area (Å²) in [4.78, 5) is 14.1. The Morgan fingerprint density at radius 1 is 1.09 bits per heavy atom. The lowest BCUT2D eigenvalue weighted by Crippen LogP contribution is -2.26. The average molecular weight is 314 g/mol. The molecule has 4 heteroatoms. The Bertz CT molecular complexity index is 599. The Morgan fingerprint density at radius 3 is 2.59 bits per heavy atom. The molecule has 0 saturated heterocycles. The van der Waals surface area contributed by atoms with Crippen LogP contribution in [0.3, 0.4) is 0 Å². The van der Waals surface area contributed by atoms with E-state index in [0.717, 1.165) is 17.2 Å². The van der Waals surface area contributed by atoms with Gasteiger partial charge in [-0.1, -0.05) is 36.4 Å². The van der Waals surface area contributed by atoms with Crippen LogP contribution < -0.4 is 10.2 Å². The van der Waals surface area contributed by atoms with E-state index in [9.17, 15) is 4.79 Å². The second kappa shape index (κ2) is 8.49. The highest BCUT2D eigenvalue weighted by atomic mass is 32.2. The third-order valence-electron chi connectivity index (χ3n) is 3.27. The fourth-order valence-electron chi connectivity index (χ4n) is 2.03. The second-order valence-corrected chi connectivity index (χ2v) is 6.34. The fraction of sp³-hybridized carbons (Fsp3) is 0.278. The Labute approximate surface area is 136 Å². The van der Waals surface area contributed by atoms with Crippen LogP contribution >= 0.6 is 11.8 Å². The highest BCUT2D eigenvalue weighted by Gasteiger charge is 2.06. The van der Waals surface area contributed by atoms with Crippen molar-refractivity contribution in [1.29, 1.82) is 0 Å². The molecule has 0 aliphatic rings. The minimum atomic E-state index is -0.0102. The number of carbonyl (C=O) groups is 1. The summed E-state index contributed by atoms with van der Waals surface area (Å²) in [5, 5.41) is 2.97. The molecule has 1 N–H and O–H groups in total. The highest BCUT2D eigenvalue weighted by molar-refractivity contribution is 7.98. The summed E-state index contributed by atoms with van der Waals surface area (Å²) in [6, 6.07) is 18.0. The molecule has 0 saturated carbocycles. The van der Waals surface area contributed by atoms with E-state index in [1.807, 2.05) is 61.1 Å². The molecular formula is C18H22N2OS. The van der Waals surface area contributed by atoms with Crippen molar-refractivity contribution < 1.29 is 4.79 Å². The van der Waals surface area contributed by atoms with E-state index in [0.29, 0.717) is 12.1 Å². The van der Waals surface area contributed by atoms with Crippen LogP contribution in [0.5, 0.6) is 0 Å². The second-order valence-electron chi connectivity index (χ2n) is 5.24. The van der Waals surface area contributed by atoms with E-state index in [-0.39, 0.29) is 5.91 Å². The first-order chi connectivity index (χ1) is 10.7. The van der Waals surface area contributed by atoms with Crippen molar-refractivity contribution >= 4 is 23.4 Å². The Kier molecular flexibility index (Phi) is 6.34. The van der Waals surface area contributed by atoms with Gasteiger partial charge in [-0.15, -0.1) is 0 Å². The zero-order valence-corrected chi connectivity index (χ0v) is 13.9. The standard InChI is InChI=1S/C18H22N2OS/c1-20(2)17-10-6-9-16(13-17)18(21)19-11-12-22-14-15-7-4-3-5-8-15/h3-10,13H,11-12,14H2,1-2H3,(H,19,21). The predicted molar refractivity (Wildman–Crippen MR) is 95.7 cm³/mol. The number of hydrogen-bond acceptors (Lipinski definition) is 3. The predicted octanol–water partition coefficient (Wildman–Crippen LogP) is 3.42. The smallest absolute Gasteiger partial charge is 0.251 e. The zero-order chi connectivity index (χ0) is 15.8. The van der Waals surface area contributed by atoms with Gasteiger partial charge in [-0.05, 0) is 23.8 Å². The van der Waals surface area contributed by atoms with Crippen LogP contribution in [0.2, 0.25) is 0 Å². The molecule has 2 aromatic carbocycles. The maximum atomic E-state index is 12.1. The minimum Gasteiger partial charge on any atom is -0.378 e. The van der Waals surface area contributed by atoms with Crippen molar-refractivity contribution in [3.05, 3.63) is 65.7 Å². The number of nitrogens with one attached hydrogen (secondary N) is 1. The van der Waals surface area contributed by atoms with Gasteiger partial charge in [0.05, 0.1) is 0 Å². The molecule has 1 amide bonds. The van der Waals surface area contributed by atoms with E-state index in [2.05, 4.69) is 29.6 Å². The summed E-state index contributed by atoms with van der Waals surface area (Å²) < 4.78 is 0. The van der Waals surface area contributed by atoms with Gasteiger partial charge < -0.3 is 10.2 Å². The average Bonchev–Trinajstić information content (AvgIpc) is 2.55. The molecule has 0 spiro atoms. The van der Waals surface area contributed by atoms with Gasteiger partial charge in [0.1, 0.15) is 0 Å². The lowest BCUT2D eigenvalue weighted by Gasteiger charge is -2.13. The number of rotatable bonds is 7. The van der Waals surface area contributed by atoms with Crippen LogP contribution in [0.25, 0.3) is 0 Å². The maximum Gasteiger partial charge on any atom is 0.251 e. The van der Waals surface area contributed by atoms with Crippen LogP contribution in [0.15, 0.2) is 54.6 Å². The van der Waals surface area contributed by atoms with Crippen molar-refractivity contribution in [2.24, 2.45) is 0 Å². The quantitative estimate of drug-likeness (QED) is 0.795. The normalized spacial score (nSPS) is 10.3. The van der Waals surface area contributed by atoms with Gasteiger partial charge >= 0.3 is 0 Å². The zero-order valence-electron chi connectivity index (χ0n) is 13.1. The molecule has 0 unspecified atom stereocenters. The van der Waals surface area contributed by atoms with Crippen LogP contribution in [0, 0.1) is 0 Å². The van der Waals surface area contributed by atoms with Gasteiger partial charge in [0.25, 0.3) is 5.91 Å². The number of nitrogens with zero attached hydrogens (tertiary/aromatic N) is 1. The van der Waals surface area contributed by atoms with Crippen LogP contribution in [-0.2, 0) is 5.75 Å². The van der Waals surface area contributed by atoms with E-state index in [4.69, 9.17) is 0 Å². The van der Waals surface area contributed by atoms with E-state index < -0.39 is 0 Å². The fourth-order valence-corrected chi connectivity index (χ4v) is 2.85. The Hall–Kier alpha value is -1.94. The third kappa shape index (κ3) is 5.11.